The monoisotopic (exact) mass is 317 g/mol. The minimum atomic E-state index is -0.496. The maximum Gasteiger partial charge on any atom is 0.253 e. The molecule has 1 fully saturated rings. The maximum atomic E-state index is 14.5. The van der Waals surface area contributed by atoms with Crippen LogP contribution < -0.4 is 5.32 Å². The van der Waals surface area contributed by atoms with Gasteiger partial charge in [0.25, 0.3) is 5.91 Å². The van der Waals surface area contributed by atoms with Gasteiger partial charge in [-0.2, -0.15) is 0 Å². The fraction of sp³-hybridized carbons (Fsp3) is 0.375. The Hall–Kier alpha value is -1.88. The van der Waals surface area contributed by atoms with E-state index in [9.17, 15) is 9.18 Å². The molecule has 1 aliphatic heterocycles. The van der Waals surface area contributed by atoms with Crippen LogP contribution in [0.4, 0.5) is 4.39 Å². The summed E-state index contributed by atoms with van der Waals surface area (Å²) in [7, 11) is 0. The third-order valence-corrected chi connectivity index (χ3v) is 5.52. The first kappa shape index (κ1) is 12.6. The Balaban J connectivity index is 1.83. The van der Waals surface area contributed by atoms with Crippen molar-refractivity contribution in [2.45, 2.75) is 31.1 Å². The van der Waals surface area contributed by atoms with Gasteiger partial charge in [0, 0.05) is 29.4 Å². The summed E-state index contributed by atoms with van der Waals surface area (Å²) in [5.74, 6) is -0.544. The molecule has 6 heteroatoms. The van der Waals surface area contributed by atoms with E-state index in [0.717, 1.165) is 47.3 Å². The van der Waals surface area contributed by atoms with Crippen LogP contribution in [0.15, 0.2) is 6.20 Å². The summed E-state index contributed by atoms with van der Waals surface area (Å²) in [6.45, 7) is 0.671. The van der Waals surface area contributed by atoms with Gasteiger partial charge in [0.2, 0.25) is 0 Å². The van der Waals surface area contributed by atoms with E-state index in [-0.39, 0.29) is 16.5 Å². The standard InChI is InChI=1S/C16H13ClFN3O/c17-14-11(18)9-7(5-19-14)1-2-8-10-13(21-12(8)9)16(3-4-16)6-20-15(10)22/h5,21H,1-4,6H2,(H,20,22). The SMILES string of the molecule is O=C1NCC2(CC2)c2[nH]c3c(c21)CCc1cnc(Cl)c(F)c1-3. The van der Waals surface area contributed by atoms with Crippen LogP contribution in [0.3, 0.4) is 0 Å². The Morgan fingerprint density at radius 1 is 1.27 bits per heavy atom. The third kappa shape index (κ3) is 1.42. The number of amides is 1. The molecule has 3 heterocycles. The highest BCUT2D eigenvalue weighted by Crippen LogP contribution is 2.53. The average Bonchev–Trinajstić information content (AvgIpc) is 3.18. The van der Waals surface area contributed by atoms with Gasteiger partial charge in [-0.1, -0.05) is 11.6 Å². The predicted octanol–water partition coefficient (Wildman–Crippen LogP) is 2.74. The van der Waals surface area contributed by atoms with Gasteiger partial charge in [-0.15, -0.1) is 0 Å². The molecule has 2 aliphatic carbocycles. The van der Waals surface area contributed by atoms with Crippen molar-refractivity contribution in [3.63, 3.8) is 0 Å². The van der Waals surface area contributed by atoms with Crippen molar-refractivity contribution in [3.8, 4) is 11.3 Å². The summed E-state index contributed by atoms with van der Waals surface area (Å²) in [5, 5.41) is 2.87. The third-order valence-electron chi connectivity index (χ3n) is 5.25. The van der Waals surface area contributed by atoms with Gasteiger partial charge in [0.15, 0.2) is 11.0 Å². The van der Waals surface area contributed by atoms with Crippen molar-refractivity contribution < 1.29 is 9.18 Å². The highest BCUT2D eigenvalue weighted by molar-refractivity contribution is 6.29. The van der Waals surface area contributed by atoms with Crippen molar-refractivity contribution in [1.29, 1.82) is 0 Å². The van der Waals surface area contributed by atoms with E-state index in [4.69, 9.17) is 11.6 Å². The Labute approximate surface area is 131 Å². The first-order valence-electron chi connectivity index (χ1n) is 7.47. The van der Waals surface area contributed by atoms with Crippen LogP contribution in [0.2, 0.25) is 5.15 Å². The number of hydrogen-bond donors (Lipinski definition) is 2. The average molecular weight is 318 g/mol. The molecule has 22 heavy (non-hydrogen) atoms. The number of aryl methyl sites for hydroxylation is 1. The number of fused-ring (bicyclic) bond motifs is 6. The van der Waals surface area contributed by atoms with Crippen molar-refractivity contribution in [1.82, 2.24) is 15.3 Å². The molecule has 1 spiro atoms. The minimum Gasteiger partial charge on any atom is -0.357 e. The number of nitrogens with zero attached hydrogens (tertiary/aromatic N) is 1. The number of halogens is 2. The highest BCUT2D eigenvalue weighted by Gasteiger charge is 2.51. The molecular formula is C16H13ClFN3O. The number of carbonyl (C=O) groups is 1. The first-order valence-corrected chi connectivity index (χ1v) is 7.85. The van der Waals surface area contributed by atoms with Gasteiger partial charge in [0.1, 0.15) is 0 Å². The van der Waals surface area contributed by atoms with Crippen molar-refractivity contribution in [3.05, 3.63) is 39.6 Å². The summed E-state index contributed by atoms with van der Waals surface area (Å²) in [6.07, 6.45) is 5.16. The summed E-state index contributed by atoms with van der Waals surface area (Å²) in [5.41, 5.74) is 4.73. The molecule has 1 amide bonds. The largest absolute Gasteiger partial charge is 0.357 e. The fourth-order valence-corrected chi connectivity index (χ4v) is 4.02. The van der Waals surface area contributed by atoms with Crippen LogP contribution in [0, 0.1) is 5.82 Å². The van der Waals surface area contributed by atoms with Crippen molar-refractivity contribution >= 4 is 17.5 Å². The smallest absolute Gasteiger partial charge is 0.253 e. The maximum absolute atomic E-state index is 14.5. The van der Waals surface area contributed by atoms with E-state index in [2.05, 4.69) is 15.3 Å². The Morgan fingerprint density at radius 2 is 2.09 bits per heavy atom. The molecule has 112 valence electrons. The summed E-state index contributed by atoms with van der Waals surface area (Å²) in [6, 6.07) is 0. The quantitative estimate of drug-likeness (QED) is 0.734. The summed E-state index contributed by atoms with van der Waals surface area (Å²) >= 11 is 5.86. The van der Waals surface area contributed by atoms with Crippen LogP contribution in [-0.4, -0.2) is 22.4 Å². The lowest BCUT2D eigenvalue weighted by molar-refractivity contribution is 0.0936. The summed E-state index contributed by atoms with van der Waals surface area (Å²) in [4.78, 5) is 19.6. The van der Waals surface area contributed by atoms with Crippen LogP contribution in [0.5, 0.6) is 0 Å². The Bertz CT molecular complexity index is 854. The van der Waals surface area contributed by atoms with Crippen molar-refractivity contribution in [2.75, 3.05) is 6.54 Å². The number of aromatic amines is 1. The fourth-order valence-electron chi connectivity index (χ4n) is 3.87. The van der Waals surface area contributed by atoms with E-state index in [1.54, 1.807) is 6.20 Å². The highest BCUT2D eigenvalue weighted by atomic mass is 35.5. The Morgan fingerprint density at radius 3 is 2.86 bits per heavy atom. The zero-order valence-electron chi connectivity index (χ0n) is 11.7. The van der Waals surface area contributed by atoms with E-state index in [1.807, 2.05) is 0 Å². The van der Waals surface area contributed by atoms with Gasteiger partial charge < -0.3 is 10.3 Å². The zero-order chi connectivity index (χ0) is 15.1. The van der Waals surface area contributed by atoms with Gasteiger partial charge in [-0.05, 0) is 36.8 Å². The molecule has 3 aliphatic rings. The summed E-state index contributed by atoms with van der Waals surface area (Å²) < 4.78 is 14.5. The minimum absolute atomic E-state index is 0.0358. The lowest BCUT2D eigenvalue weighted by Gasteiger charge is -2.23. The van der Waals surface area contributed by atoms with Gasteiger partial charge in [-0.3, -0.25) is 4.79 Å². The Kier molecular flexibility index (Phi) is 2.24. The van der Waals surface area contributed by atoms with Crippen LogP contribution in [-0.2, 0) is 18.3 Å². The number of carbonyl (C=O) groups excluding carboxylic acids is 1. The van der Waals surface area contributed by atoms with Crippen LogP contribution >= 0.6 is 11.6 Å². The van der Waals surface area contributed by atoms with E-state index >= 15 is 0 Å². The molecule has 0 radical (unpaired) electrons. The number of aromatic nitrogens is 2. The van der Waals surface area contributed by atoms with E-state index in [1.165, 1.54) is 0 Å². The predicted molar refractivity (Wildman–Crippen MR) is 79.6 cm³/mol. The van der Waals surface area contributed by atoms with Crippen LogP contribution in [0.25, 0.3) is 11.3 Å². The molecule has 0 atom stereocenters. The normalized spacial score (nSPS) is 20.2. The first-order chi connectivity index (χ1) is 10.6. The molecule has 2 aromatic rings. The van der Waals surface area contributed by atoms with Crippen LogP contribution in [0.1, 0.15) is 40.0 Å². The molecule has 4 nitrogen and oxygen atoms in total. The topological polar surface area (TPSA) is 57.8 Å². The molecule has 0 saturated heterocycles. The van der Waals surface area contributed by atoms with Gasteiger partial charge in [-0.25, -0.2) is 9.37 Å². The number of rotatable bonds is 0. The molecular weight excluding hydrogens is 305 g/mol. The second kappa shape index (κ2) is 3.90. The lowest BCUT2D eigenvalue weighted by atomic mass is 9.86. The van der Waals surface area contributed by atoms with E-state index < -0.39 is 5.82 Å². The second-order valence-electron chi connectivity index (χ2n) is 6.45. The molecule has 0 bridgehead atoms. The number of nitrogens with one attached hydrogen (secondary N) is 2. The zero-order valence-corrected chi connectivity index (χ0v) is 12.5. The molecule has 5 rings (SSSR count). The number of H-pyrrole nitrogens is 1. The molecule has 2 N–H and O–H groups in total. The van der Waals surface area contributed by atoms with Gasteiger partial charge in [0.05, 0.1) is 11.3 Å². The molecule has 2 aromatic heterocycles. The number of hydrogen-bond acceptors (Lipinski definition) is 2. The van der Waals surface area contributed by atoms with E-state index in [0.29, 0.717) is 18.5 Å². The molecule has 1 saturated carbocycles. The van der Waals surface area contributed by atoms with Crippen molar-refractivity contribution in [2.24, 2.45) is 0 Å². The van der Waals surface area contributed by atoms with Gasteiger partial charge >= 0.3 is 0 Å². The second-order valence-corrected chi connectivity index (χ2v) is 6.81. The number of pyridine rings is 1. The lowest BCUT2D eigenvalue weighted by Crippen LogP contribution is -2.39. The molecule has 0 unspecified atom stereocenters. The molecule has 0 aromatic carbocycles.